The highest BCUT2D eigenvalue weighted by Crippen LogP contribution is 2.38. The Balaban J connectivity index is 3.71. The van der Waals surface area contributed by atoms with E-state index >= 15 is 0 Å². The summed E-state index contributed by atoms with van der Waals surface area (Å²) in [4.78, 5) is 10.8. The third-order valence-corrected chi connectivity index (χ3v) is 1.99. The van der Waals surface area contributed by atoms with Gasteiger partial charge in [-0.15, -0.1) is 0 Å². The van der Waals surface area contributed by atoms with E-state index < -0.39 is 37.7 Å². The van der Waals surface area contributed by atoms with Crippen LogP contribution < -0.4 is 0 Å². The number of unbranched alkanes of at least 4 members (excludes halogenated alkanes) is 1. The van der Waals surface area contributed by atoms with Crippen molar-refractivity contribution in [1.82, 2.24) is 0 Å². The maximum absolute atomic E-state index is 12.4. The first kappa shape index (κ1) is 16.9. The predicted molar refractivity (Wildman–Crippen MR) is 52.4 cm³/mol. The van der Waals surface area contributed by atoms with Crippen LogP contribution in [0.25, 0.3) is 0 Å². The number of halogens is 5. The molecule has 3 nitrogen and oxygen atoms in total. The summed E-state index contributed by atoms with van der Waals surface area (Å²) in [7, 11) is 0. The maximum Gasteiger partial charge on any atom is 0.508 e. The molecule has 0 rings (SSSR count). The molecular formula is C10H15F5O3. The molecule has 0 radical (unpaired) electrons. The molecule has 0 spiro atoms. The molecule has 0 saturated carbocycles. The van der Waals surface area contributed by atoms with Crippen LogP contribution in [0.4, 0.5) is 26.7 Å². The topological polar surface area (TPSA) is 35.5 Å². The molecule has 108 valence electrons. The van der Waals surface area contributed by atoms with E-state index in [9.17, 15) is 26.7 Å². The molecule has 0 aromatic heterocycles. The van der Waals surface area contributed by atoms with Gasteiger partial charge in [0.25, 0.3) is 0 Å². The van der Waals surface area contributed by atoms with Gasteiger partial charge in [0, 0.05) is 6.42 Å². The first-order valence-corrected chi connectivity index (χ1v) is 5.45. The van der Waals surface area contributed by atoms with Crippen LogP contribution in [-0.2, 0) is 9.47 Å². The lowest BCUT2D eigenvalue weighted by Gasteiger charge is -2.19. The summed E-state index contributed by atoms with van der Waals surface area (Å²) in [6.07, 6.45) is -7.21. The second-order valence-corrected chi connectivity index (χ2v) is 3.61. The van der Waals surface area contributed by atoms with Gasteiger partial charge in [0.15, 0.2) is 0 Å². The number of carbonyl (C=O) groups excluding carboxylic acids is 1. The van der Waals surface area contributed by atoms with Crippen molar-refractivity contribution in [3.63, 3.8) is 0 Å². The number of alkyl halides is 5. The highest BCUT2D eigenvalue weighted by atomic mass is 19.4. The molecule has 0 aliphatic carbocycles. The molecule has 0 aromatic rings. The van der Waals surface area contributed by atoms with Crippen molar-refractivity contribution in [3.8, 4) is 0 Å². The summed E-state index contributed by atoms with van der Waals surface area (Å²) >= 11 is 0. The first-order chi connectivity index (χ1) is 8.20. The molecule has 18 heavy (non-hydrogen) atoms. The van der Waals surface area contributed by atoms with Gasteiger partial charge in [-0.25, -0.2) is 4.79 Å². The van der Waals surface area contributed by atoms with Gasteiger partial charge in [0.1, 0.15) is 0 Å². The second-order valence-electron chi connectivity index (χ2n) is 3.61. The van der Waals surface area contributed by atoms with Crippen molar-refractivity contribution < 1.29 is 36.2 Å². The lowest BCUT2D eigenvalue weighted by Crippen LogP contribution is -2.36. The van der Waals surface area contributed by atoms with Crippen LogP contribution in [0.2, 0.25) is 0 Å². The van der Waals surface area contributed by atoms with Crippen molar-refractivity contribution in [2.24, 2.45) is 0 Å². The first-order valence-electron chi connectivity index (χ1n) is 5.45. The molecule has 8 heteroatoms. The Bertz CT molecular complexity index is 252. The van der Waals surface area contributed by atoms with Crippen molar-refractivity contribution in [1.29, 1.82) is 0 Å². The van der Waals surface area contributed by atoms with Crippen LogP contribution in [0.5, 0.6) is 0 Å². The van der Waals surface area contributed by atoms with E-state index in [-0.39, 0.29) is 6.61 Å². The Morgan fingerprint density at radius 1 is 1.00 bits per heavy atom. The smallest absolute Gasteiger partial charge is 0.434 e. The van der Waals surface area contributed by atoms with Crippen LogP contribution >= 0.6 is 0 Å². The molecule has 0 atom stereocenters. The third-order valence-electron chi connectivity index (χ3n) is 1.99. The quantitative estimate of drug-likeness (QED) is 0.402. The third kappa shape index (κ3) is 6.61. The minimum Gasteiger partial charge on any atom is -0.434 e. The Morgan fingerprint density at radius 3 is 1.94 bits per heavy atom. The highest BCUT2D eigenvalue weighted by molar-refractivity contribution is 5.59. The van der Waals surface area contributed by atoms with E-state index in [1.807, 2.05) is 6.92 Å². The number of carbonyl (C=O) groups is 1. The molecule has 0 heterocycles. The minimum absolute atomic E-state index is 0.133. The SMILES string of the molecule is CCCCOC(=O)OCCCC(F)(F)C(F)(F)F. The monoisotopic (exact) mass is 278 g/mol. The lowest BCUT2D eigenvalue weighted by molar-refractivity contribution is -0.284. The van der Waals surface area contributed by atoms with Gasteiger partial charge in [0.2, 0.25) is 0 Å². The normalized spacial score (nSPS) is 12.3. The molecular weight excluding hydrogens is 263 g/mol. The zero-order valence-corrected chi connectivity index (χ0v) is 9.86. The molecule has 0 unspecified atom stereocenters. The van der Waals surface area contributed by atoms with E-state index in [1.54, 1.807) is 0 Å². The van der Waals surface area contributed by atoms with E-state index in [0.717, 1.165) is 6.42 Å². The number of hydrogen-bond acceptors (Lipinski definition) is 3. The van der Waals surface area contributed by atoms with Crippen LogP contribution in [-0.4, -0.2) is 31.5 Å². The molecule has 0 bridgehead atoms. The summed E-state index contributed by atoms with van der Waals surface area (Å²) in [5, 5.41) is 0. The standard InChI is InChI=1S/C10H15F5O3/c1-2-3-6-17-8(16)18-7-4-5-9(11,12)10(13,14)15/h2-7H2,1H3. The fraction of sp³-hybridized carbons (Fsp3) is 0.900. The van der Waals surface area contributed by atoms with Crippen LogP contribution in [0.3, 0.4) is 0 Å². The van der Waals surface area contributed by atoms with Crippen molar-refractivity contribution >= 4 is 6.16 Å². The van der Waals surface area contributed by atoms with Gasteiger partial charge in [-0.05, 0) is 12.8 Å². The Kier molecular flexibility index (Phi) is 6.93. The van der Waals surface area contributed by atoms with E-state index in [2.05, 4.69) is 9.47 Å². The zero-order valence-electron chi connectivity index (χ0n) is 9.86. The zero-order chi connectivity index (χ0) is 14.2. The van der Waals surface area contributed by atoms with E-state index in [4.69, 9.17) is 0 Å². The molecule has 0 aliphatic rings. The van der Waals surface area contributed by atoms with Crippen molar-refractivity contribution in [2.75, 3.05) is 13.2 Å². The maximum atomic E-state index is 12.4. The van der Waals surface area contributed by atoms with Crippen LogP contribution in [0, 0.1) is 0 Å². The van der Waals surface area contributed by atoms with Gasteiger partial charge in [0.05, 0.1) is 13.2 Å². The molecule has 0 aromatic carbocycles. The second kappa shape index (κ2) is 7.38. The van der Waals surface area contributed by atoms with Crippen molar-refractivity contribution in [2.45, 2.75) is 44.7 Å². The Morgan fingerprint density at radius 2 is 1.50 bits per heavy atom. The van der Waals surface area contributed by atoms with Gasteiger partial charge in [-0.1, -0.05) is 13.3 Å². The molecule has 0 fully saturated rings. The lowest BCUT2D eigenvalue weighted by atomic mass is 10.2. The van der Waals surface area contributed by atoms with E-state index in [0.29, 0.717) is 6.42 Å². The molecule has 0 N–H and O–H groups in total. The fourth-order valence-electron chi connectivity index (χ4n) is 0.933. The Hall–Kier alpha value is -1.08. The van der Waals surface area contributed by atoms with Crippen LogP contribution in [0.15, 0.2) is 0 Å². The van der Waals surface area contributed by atoms with Gasteiger partial charge in [-0.2, -0.15) is 22.0 Å². The summed E-state index contributed by atoms with van der Waals surface area (Å²) in [6.45, 7) is 1.47. The largest absolute Gasteiger partial charge is 0.508 e. The summed E-state index contributed by atoms with van der Waals surface area (Å²) < 4.78 is 68.9. The predicted octanol–water partition coefficient (Wildman–Crippen LogP) is 3.92. The average Bonchev–Trinajstić information content (AvgIpc) is 2.23. The van der Waals surface area contributed by atoms with E-state index in [1.165, 1.54) is 0 Å². The number of rotatable bonds is 7. The molecule has 0 aliphatic heterocycles. The average molecular weight is 278 g/mol. The highest BCUT2D eigenvalue weighted by Gasteiger charge is 2.56. The van der Waals surface area contributed by atoms with Gasteiger partial charge in [-0.3, -0.25) is 0 Å². The number of ether oxygens (including phenoxy) is 2. The van der Waals surface area contributed by atoms with Gasteiger partial charge >= 0.3 is 18.3 Å². The Labute approximate surface area is 101 Å². The van der Waals surface area contributed by atoms with Crippen molar-refractivity contribution in [3.05, 3.63) is 0 Å². The summed E-state index contributed by atoms with van der Waals surface area (Å²) in [5.74, 6) is -4.76. The minimum atomic E-state index is -5.57. The summed E-state index contributed by atoms with van der Waals surface area (Å²) in [6, 6.07) is 0. The van der Waals surface area contributed by atoms with Gasteiger partial charge < -0.3 is 9.47 Å². The molecule has 0 amide bonds. The fourth-order valence-corrected chi connectivity index (χ4v) is 0.933. The van der Waals surface area contributed by atoms with Crippen LogP contribution in [0.1, 0.15) is 32.6 Å². The number of hydrogen-bond donors (Lipinski definition) is 0. The summed E-state index contributed by atoms with van der Waals surface area (Å²) in [5.41, 5.74) is 0. The molecule has 0 saturated heterocycles.